The highest BCUT2D eigenvalue weighted by molar-refractivity contribution is 7.13. The zero-order chi connectivity index (χ0) is 16.1. The summed E-state index contributed by atoms with van der Waals surface area (Å²) in [6.45, 7) is 2.74. The van der Waals surface area contributed by atoms with Crippen molar-refractivity contribution in [2.24, 2.45) is 5.92 Å². The molecule has 0 spiro atoms. The van der Waals surface area contributed by atoms with E-state index in [4.69, 9.17) is 4.74 Å². The minimum Gasteiger partial charge on any atom is -0.378 e. The van der Waals surface area contributed by atoms with Crippen LogP contribution in [0.3, 0.4) is 0 Å². The second-order valence-electron chi connectivity index (χ2n) is 5.59. The number of rotatable bonds is 5. The summed E-state index contributed by atoms with van der Waals surface area (Å²) in [5.74, 6) is 0.400. The predicted octanol–water partition coefficient (Wildman–Crippen LogP) is 1.83. The molecule has 0 bridgehead atoms. The third kappa shape index (κ3) is 4.26. The van der Waals surface area contributed by atoms with E-state index in [1.165, 1.54) is 11.3 Å². The summed E-state index contributed by atoms with van der Waals surface area (Å²) in [6, 6.07) is -0.0911. The summed E-state index contributed by atoms with van der Waals surface area (Å²) < 4.78 is 6.86. The summed E-state index contributed by atoms with van der Waals surface area (Å²) in [5, 5.41) is 13.2. The number of ether oxygens (including phenoxy) is 1. The molecule has 1 atom stereocenters. The van der Waals surface area contributed by atoms with E-state index in [0.717, 1.165) is 38.2 Å². The Labute approximate surface area is 138 Å². The molecule has 124 valence electrons. The Morgan fingerprint density at radius 1 is 1.57 bits per heavy atom. The molecule has 3 heterocycles. The van der Waals surface area contributed by atoms with Crippen LogP contribution < -0.4 is 5.32 Å². The van der Waals surface area contributed by atoms with Crippen molar-refractivity contribution < 1.29 is 9.53 Å². The SMILES string of the molecule is COCc1csc(NC(=O)N2CCC[C@@H](Cn3ccnn3)C2)n1. The molecule has 9 heteroatoms. The lowest BCUT2D eigenvalue weighted by Gasteiger charge is -2.32. The van der Waals surface area contributed by atoms with Crippen molar-refractivity contribution in [2.45, 2.75) is 26.0 Å². The molecule has 0 unspecified atom stereocenters. The van der Waals surface area contributed by atoms with Gasteiger partial charge in [0.25, 0.3) is 0 Å². The highest BCUT2D eigenvalue weighted by Gasteiger charge is 2.24. The van der Waals surface area contributed by atoms with E-state index in [-0.39, 0.29) is 6.03 Å². The first kappa shape index (κ1) is 15.9. The normalized spacial score (nSPS) is 18.1. The van der Waals surface area contributed by atoms with Crippen molar-refractivity contribution in [1.82, 2.24) is 24.9 Å². The molecule has 0 aromatic carbocycles. The van der Waals surface area contributed by atoms with Gasteiger partial charge >= 0.3 is 6.03 Å². The van der Waals surface area contributed by atoms with Gasteiger partial charge < -0.3 is 9.64 Å². The fourth-order valence-electron chi connectivity index (χ4n) is 2.74. The van der Waals surface area contributed by atoms with Crippen molar-refractivity contribution in [3.05, 3.63) is 23.5 Å². The van der Waals surface area contributed by atoms with Crippen LogP contribution in [-0.4, -0.2) is 51.1 Å². The van der Waals surface area contributed by atoms with E-state index in [1.54, 1.807) is 13.3 Å². The lowest BCUT2D eigenvalue weighted by Crippen LogP contribution is -2.43. The average Bonchev–Trinajstić information content (AvgIpc) is 3.20. The van der Waals surface area contributed by atoms with E-state index in [0.29, 0.717) is 17.7 Å². The van der Waals surface area contributed by atoms with Crippen LogP contribution >= 0.6 is 11.3 Å². The molecule has 0 radical (unpaired) electrons. The maximum absolute atomic E-state index is 12.4. The largest absolute Gasteiger partial charge is 0.378 e. The van der Waals surface area contributed by atoms with Crippen LogP contribution in [0.25, 0.3) is 0 Å². The number of aromatic nitrogens is 4. The van der Waals surface area contributed by atoms with Gasteiger partial charge in [-0.15, -0.1) is 16.4 Å². The summed E-state index contributed by atoms with van der Waals surface area (Å²) in [5.41, 5.74) is 0.829. The molecular weight excluding hydrogens is 316 g/mol. The molecule has 1 aliphatic rings. The second kappa shape index (κ2) is 7.51. The molecular formula is C14H20N6O2S. The van der Waals surface area contributed by atoms with Crippen molar-refractivity contribution in [3.8, 4) is 0 Å². The average molecular weight is 336 g/mol. The lowest BCUT2D eigenvalue weighted by atomic mass is 9.98. The number of hydrogen-bond donors (Lipinski definition) is 1. The van der Waals surface area contributed by atoms with Gasteiger partial charge in [0.2, 0.25) is 0 Å². The Kier molecular flexibility index (Phi) is 5.19. The number of nitrogens with zero attached hydrogens (tertiary/aromatic N) is 5. The van der Waals surface area contributed by atoms with Gasteiger partial charge in [0, 0.05) is 38.3 Å². The molecule has 1 aliphatic heterocycles. The van der Waals surface area contributed by atoms with Gasteiger partial charge in [0.1, 0.15) is 0 Å². The fourth-order valence-corrected chi connectivity index (χ4v) is 3.43. The van der Waals surface area contributed by atoms with Crippen LogP contribution in [0.4, 0.5) is 9.93 Å². The predicted molar refractivity (Wildman–Crippen MR) is 86.2 cm³/mol. The first-order valence-corrected chi connectivity index (χ1v) is 8.46. The van der Waals surface area contributed by atoms with E-state index in [9.17, 15) is 4.79 Å². The van der Waals surface area contributed by atoms with Gasteiger partial charge in [-0.3, -0.25) is 10.00 Å². The number of piperidine rings is 1. The monoisotopic (exact) mass is 336 g/mol. The van der Waals surface area contributed by atoms with Gasteiger partial charge in [0.05, 0.1) is 18.5 Å². The Morgan fingerprint density at radius 2 is 2.48 bits per heavy atom. The van der Waals surface area contributed by atoms with Crippen molar-refractivity contribution >= 4 is 22.5 Å². The number of amides is 2. The number of anilines is 1. The maximum atomic E-state index is 12.4. The number of carbonyl (C=O) groups is 1. The third-order valence-corrected chi connectivity index (χ3v) is 4.59. The number of likely N-dealkylation sites (tertiary alicyclic amines) is 1. The molecule has 0 saturated carbocycles. The smallest absolute Gasteiger partial charge is 0.323 e. The molecule has 2 aromatic rings. The van der Waals surface area contributed by atoms with Crippen molar-refractivity contribution in [3.63, 3.8) is 0 Å². The van der Waals surface area contributed by atoms with Gasteiger partial charge in [-0.2, -0.15) is 0 Å². The Hall–Kier alpha value is -2.00. The van der Waals surface area contributed by atoms with Crippen LogP contribution in [0, 0.1) is 5.92 Å². The summed E-state index contributed by atoms with van der Waals surface area (Å²) in [6.07, 6.45) is 5.62. The first-order chi connectivity index (χ1) is 11.2. The standard InChI is InChI=1S/C14H20N6O2S/c1-22-9-12-10-23-13(16-12)17-14(21)19-5-2-3-11(7-19)8-20-6-4-15-18-20/h4,6,10-11H,2-3,5,7-9H2,1H3,(H,16,17,21)/t11-/m1/s1. The number of nitrogens with one attached hydrogen (secondary N) is 1. The van der Waals surface area contributed by atoms with Crippen molar-refractivity contribution in [1.29, 1.82) is 0 Å². The number of hydrogen-bond acceptors (Lipinski definition) is 6. The van der Waals surface area contributed by atoms with Gasteiger partial charge in [0.15, 0.2) is 5.13 Å². The maximum Gasteiger partial charge on any atom is 0.323 e. The van der Waals surface area contributed by atoms with Crippen LogP contribution in [-0.2, 0) is 17.9 Å². The summed E-state index contributed by atoms with van der Waals surface area (Å²) in [4.78, 5) is 18.6. The Balaban J connectivity index is 1.53. The molecule has 23 heavy (non-hydrogen) atoms. The molecule has 0 aliphatic carbocycles. The van der Waals surface area contributed by atoms with Crippen molar-refractivity contribution in [2.75, 3.05) is 25.5 Å². The molecule has 2 amide bonds. The molecule has 1 N–H and O–H groups in total. The zero-order valence-corrected chi connectivity index (χ0v) is 13.8. The van der Waals surface area contributed by atoms with Crippen LogP contribution in [0.5, 0.6) is 0 Å². The van der Waals surface area contributed by atoms with Gasteiger partial charge in [-0.05, 0) is 18.8 Å². The fraction of sp³-hybridized carbons (Fsp3) is 0.571. The van der Waals surface area contributed by atoms with Crippen LogP contribution in [0.2, 0.25) is 0 Å². The number of urea groups is 1. The zero-order valence-electron chi connectivity index (χ0n) is 13.0. The van der Waals surface area contributed by atoms with E-state index in [2.05, 4.69) is 20.6 Å². The third-order valence-electron chi connectivity index (χ3n) is 3.78. The lowest BCUT2D eigenvalue weighted by molar-refractivity contribution is 0.168. The van der Waals surface area contributed by atoms with Gasteiger partial charge in [-0.1, -0.05) is 5.21 Å². The summed E-state index contributed by atoms with van der Waals surface area (Å²) in [7, 11) is 1.63. The number of carbonyl (C=O) groups excluding carboxylic acids is 1. The number of methoxy groups -OCH3 is 1. The van der Waals surface area contributed by atoms with E-state index in [1.807, 2.05) is 21.2 Å². The quantitative estimate of drug-likeness (QED) is 0.900. The van der Waals surface area contributed by atoms with Crippen LogP contribution in [0.1, 0.15) is 18.5 Å². The highest BCUT2D eigenvalue weighted by atomic mass is 32.1. The highest BCUT2D eigenvalue weighted by Crippen LogP contribution is 2.20. The minimum atomic E-state index is -0.0911. The Bertz CT molecular complexity index is 629. The van der Waals surface area contributed by atoms with Gasteiger partial charge in [-0.25, -0.2) is 9.78 Å². The van der Waals surface area contributed by atoms with E-state index >= 15 is 0 Å². The topological polar surface area (TPSA) is 85.2 Å². The second-order valence-corrected chi connectivity index (χ2v) is 6.44. The molecule has 1 saturated heterocycles. The number of thiazole rings is 1. The molecule has 3 rings (SSSR count). The summed E-state index contributed by atoms with van der Waals surface area (Å²) >= 11 is 1.41. The molecule has 8 nitrogen and oxygen atoms in total. The van der Waals surface area contributed by atoms with E-state index < -0.39 is 0 Å². The molecule has 1 fully saturated rings. The Morgan fingerprint density at radius 3 is 3.26 bits per heavy atom. The molecule has 2 aromatic heterocycles. The first-order valence-electron chi connectivity index (χ1n) is 7.58. The minimum absolute atomic E-state index is 0.0911. The van der Waals surface area contributed by atoms with Crippen LogP contribution in [0.15, 0.2) is 17.8 Å².